The van der Waals surface area contributed by atoms with Crippen LogP contribution in [-0.2, 0) is 0 Å². The van der Waals surface area contributed by atoms with Crippen molar-refractivity contribution in [2.45, 2.75) is 33.6 Å². The highest BCUT2D eigenvalue weighted by Gasteiger charge is 2.76. The molecule has 11 heavy (non-hydrogen) atoms. The van der Waals surface area contributed by atoms with Crippen LogP contribution in [0.4, 0.5) is 0 Å². The van der Waals surface area contributed by atoms with E-state index in [4.69, 9.17) is 0 Å². The summed E-state index contributed by atoms with van der Waals surface area (Å²) < 4.78 is 0. The van der Waals surface area contributed by atoms with E-state index in [0.29, 0.717) is 5.41 Å². The van der Waals surface area contributed by atoms with Crippen LogP contribution in [0.3, 0.4) is 0 Å². The Morgan fingerprint density at radius 1 is 1.36 bits per heavy atom. The summed E-state index contributed by atoms with van der Waals surface area (Å²) in [6, 6.07) is 0. The summed E-state index contributed by atoms with van der Waals surface area (Å²) in [5, 5.41) is 3.46. The van der Waals surface area contributed by atoms with Gasteiger partial charge in [-0.15, -0.1) is 0 Å². The molecule has 0 saturated heterocycles. The molecule has 0 aromatic carbocycles. The minimum absolute atomic E-state index is 0.662. The fraction of sp³-hybridized carbons (Fsp3) is 1.00. The fourth-order valence-corrected chi connectivity index (χ4v) is 2.93. The van der Waals surface area contributed by atoms with Crippen molar-refractivity contribution in [3.63, 3.8) is 0 Å². The normalized spacial score (nSPS) is 35.7. The van der Waals surface area contributed by atoms with Crippen LogP contribution in [0, 0.1) is 16.7 Å². The highest BCUT2D eigenvalue weighted by Crippen LogP contribution is 2.82. The monoisotopic (exact) mass is 153 g/mol. The molecule has 1 spiro atoms. The van der Waals surface area contributed by atoms with Crippen molar-refractivity contribution < 1.29 is 0 Å². The lowest BCUT2D eigenvalue weighted by Gasteiger charge is -2.01. The third-order valence-corrected chi connectivity index (χ3v) is 4.13. The highest BCUT2D eigenvalue weighted by atomic mass is 14.9. The van der Waals surface area contributed by atoms with E-state index in [1.807, 2.05) is 0 Å². The lowest BCUT2D eigenvalue weighted by atomic mass is 10.1. The van der Waals surface area contributed by atoms with E-state index in [0.717, 1.165) is 17.9 Å². The molecule has 1 heteroatoms. The van der Waals surface area contributed by atoms with Gasteiger partial charge in [0.05, 0.1) is 0 Å². The number of rotatable bonds is 3. The van der Waals surface area contributed by atoms with Crippen LogP contribution in [0.1, 0.15) is 33.6 Å². The van der Waals surface area contributed by atoms with E-state index in [2.05, 4.69) is 26.1 Å². The zero-order chi connectivity index (χ0) is 8.11. The summed E-state index contributed by atoms with van der Waals surface area (Å²) in [4.78, 5) is 0. The smallest absolute Gasteiger partial charge is 0.000979 e. The second-order valence-corrected chi connectivity index (χ2v) is 4.74. The minimum atomic E-state index is 0.662. The highest BCUT2D eigenvalue weighted by molar-refractivity contribution is 5.25. The first kappa shape index (κ1) is 7.60. The van der Waals surface area contributed by atoms with Crippen molar-refractivity contribution in [2.75, 3.05) is 13.1 Å². The van der Waals surface area contributed by atoms with Crippen LogP contribution in [0.5, 0.6) is 0 Å². The molecule has 2 aliphatic rings. The van der Waals surface area contributed by atoms with Crippen molar-refractivity contribution >= 4 is 0 Å². The van der Waals surface area contributed by atoms with Gasteiger partial charge >= 0.3 is 0 Å². The predicted octanol–water partition coefficient (Wildman–Crippen LogP) is 2.03. The summed E-state index contributed by atoms with van der Waals surface area (Å²) in [6.45, 7) is 9.44. The van der Waals surface area contributed by atoms with Crippen LogP contribution in [-0.4, -0.2) is 13.1 Å². The number of hydrogen-bond donors (Lipinski definition) is 1. The zero-order valence-corrected chi connectivity index (χ0v) is 7.91. The van der Waals surface area contributed by atoms with Crippen LogP contribution in [0.15, 0.2) is 0 Å². The van der Waals surface area contributed by atoms with Gasteiger partial charge in [0, 0.05) is 0 Å². The Balaban J connectivity index is 1.89. The van der Waals surface area contributed by atoms with Gasteiger partial charge in [-0.05, 0) is 42.7 Å². The van der Waals surface area contributed by atoms with E-state index in [1.54, 1.807) is 0 Å². The van der Waals surface area contributed by atoms with Crippen LogP contribution in [0.25, 0.3) is 0 Å². The van der Waals surface area contributed by atoms with Gasteiger partial charge in [-0.2, -0.15) is 0 Å². The Morgan fingerprint density at radius 2 is 2.00 bits per heavy atom. The third kappa shape index (κ3) is 0.807. The fourth-order valence-electron chi connectivity index (χ4n) is 2.93. The SMILES string of the molecule is CCNCC1C(C)(C)C12CC2. The maximum absolute atomic E-state index is 3.46. The van der Waals surface area contributed by atoms with Crippen molar-refractivity contribution in [1.82, 2.24) is 5.32 Å². The second kappa shape index (κ2) is 2.01. The lowest BCUT2D eigenvalue weighted by molar-refractivity contribution is 0.516. The van der Waals surface area contributed by atoms with Gasteiger partial charge in [-0.1, -0.05) is 20.8 Å². The molecule has 0 bridgehead atoms. The van der Waals surface area contributed by atoms with E-state index in [9.17, 15) is 0 Å². The molecule has 64 valence electrons. The Labute approximate surface area is 69.6 Å². The average Bonchev–Trinajstić information content (AvgIpc) is 2.76. The molecule has 0 aliphatic heterocycles. The van der Waals surface area contributed by atoms with Gasteiger partial charge in [-0.25, -0.2) is 0 Å². The first-order chi connectivity index (χ1) is 5.15. The topological polar surface area (TPSA) is 12.0 Å². The molecule has 0 amide bonds. The molecule has 2 saturated carbocycles. The first-order valence-corrected chi connectivity index (χ1v) is 4.86. The van der Waals surface area contributed by atoms with Crippen molar-refractivity contribution in [1.29, 1.82) is 0 Å². The van der Waals surface area contributed by atoms with Gasteiger partial charge in [0.1, 0.15) is 0 Å². The molecule has 0 aromatic rings. The third-order valence-electron chi connectivity index (χ3n) is 4.13. The molecule has 2 fully saturated rings. The standard InChI is InChI=1S/C10H19N/c1-4-11-7-8-9(2,3)10(8)5-6-10/h8,11H,4-7H2,1-3H3. The summed E-state index contributed by atoms with van der Waals surface area (Å²) in [5.41, 5.74) is 1.46. The van der Waals surface area contributed by atoms with Crippen LogP contribution < -0.4 is 5.32 Å². The van der Waals surface area contributed by atoms with E-state index < -0.39 is 0 Å². The largest absolute Gasteiger partial charge is 0.317 e. The molecular formula is C10H19N. The molecule has 2 aliphatic carbocycles. The van der Waals surface area contributed by atoms with E-state index >= 15 is 0 Å². The van der Waals surface area contributed by atoms with Crippen molar-refractivity contribution in [3.8, 4) is 0 Å². The Hall–Kier alpha value is -0.0400. The van der Waals surface area contributed by atoms with Gasteiger partial charge in [-0.3, -0.25) is 0 Å². The van der Waals surface area contributed by atoms with Gasteiger partial charge in [0.2, 0.25) is 0 Å². The molecule has 0 heterocycles. The van der Waals surface area contributed by atoms with Crippen LogP contribution in [0.2, 0.25) is 0 Å². The minimum Gasteiger partial charge on any atom is -0.317 e. The van der Waals surface area contributed by atoms with Crippen molar-refractivity contribution in [3.05, 3.63) is 0 Å². The lowest BCUT2D eigenvalue weighted by Crippen LogP contribution is -2.17. The quantitative estimate of drug-likeness (QED) is 0.654. The Bertz CT molecular complexity index is 164. The molecular weight excluding hydrogens is 134 g/mol. The Morgan fingerprint density at radius 3 is 2.36 bits per heavy atom. The van der Waals surface area contributed by atoms with Gasteiger partial charge < -0.3 is 5.32 Å². The molecule has 1 unspecified atom stereocenters. The number of nitrogens with one attached hydrogen (secondary N) is 1. The molecule has 2 rings (SSSR count). The first-order valence-electron chi connectivity index (χ1n) is 4.86. The summed E-state index contributed by atoms with van der Waals surface area (Å²) in [6.07, 6.45) is 2.99. The molecule has 1 N–H and O–H groups in total. The molecule has 1 nitrogen and oxygen atoms in total. The zero-order valence-electron chi connectivity index (χ0n) is 7.91. The van der Waals surface area contributed by atoms with Crippen molar-refractivity contribution in [2.24, 2.45) is 16.7 Å². The molecule has 1 atom stereocenters. The number of hydrogen-bond acceptors (Lipinski definition) is 1. The maximum Gasteiger partial charge on any atom is -0.000979 e. The molecule has 0 radical (unpaired) electrons. The van der Waals surface area contributed by atoms with E-state index in [1.165, 1.54) is 19.4 Å². The maximum atomic E-state index is 3.46. The average molecular weight is 153 g/mol. The summed E-state index contributed by atoms with van der Waals surface area (Å²) >= 11 is 0. The van der Waals surface area contributed by atoms with Gasteiger partial charge in [0.25, 0.3) is 0 Å². The Kier molecular flexibility index (Phi) is 1.39. The predicted molar refractivity (Wildman–Crippen MR) is 47.5 cm³/mol. The van der Waals surface area contributed by atoms with Gasteiger partial charge in [0.15, 0.2) is 0 Å². The summed E-state index contributed by atoms with van der Waals surface area (Å²) in [5.74, 6) is 0.981. The summed E-state index contributed by atoms with van der Waals surface area (Å²) in [7, 11) is 0. The molecule has 0 aromatic heterocycles. The van der Waals surface area contributed by atoms with E-state index in [-0.39, 0.29) is 0 Å². The van der Waals surface area contributed by atoms with Crippen LogP contribution >= 0.6 is 0 Å². The second-order valence-electron chi connectivity index (χ2n) is 4.74.